The quantitative estimate of drug-likeness (QED) is 0.511. The van der Waals surface area contributed by atoms with Crippen molar-refractivity contribution >= 4 is 40.5 Å². The average molecular weight is 431 g/mol. The number of nitrogens with one attached hydrogen (secondary N) is 2. The van der Waals surface area contributed by atoms with Crippen molar-refractivity contribution in [3.05, 3.63) is 45.9 Å². The molecule has 0 aliphatic heterocycles. The maximum absolute atomic E-state index is 14.1. The molecule has 4 rings (SSSR count). The molecule has 2 aromatic heterocycles. The van der Waals surface area contributed by atoms with Crippen molar-refractivity contribution in [1.29, 1.82) is 5.26 Å². The summed E-state index contributed by atoms with van der Waals surface area (Å²) in [5, 5.41) is 28.0. The number of aliphatic hydroxyl groups excluding tert-OH is 1. The number of hydrogen-bond acceptors (Lipinski definition) is 7. The van der Waals surface area contributed by atoms with E-state index in [-0.39, 0.29) is 34.1 Å². The van der Waals surface area contributed by atoms with E-state index in [1.165, 1.54) is 16.8 Å². The summed E-state index contributed by atoms with van der Waals surface area (Å²) < 4.78 is 29.5. The summed E-state index contributed by atoms with van der Waals surface area (Å²) in [7, 11) is 0. The lowest BCUT2D eigenvalue weighted by molar-refractivity contribution is -0.0555. The van der Waals surface area contributed by atoms with Gasteiger partial charge in [-0.25, -0.2) is 4.98 Å². The van der Waals surface area contributed by atoms with Crippen molar-refractivity contribution in [3.63, 3.8) is 0 Å². The van der Waals surface area contributed by atoms with E-state index in [0.717, 1.165) is 18.9 Å². The Labute approximate surface area is 173 Å². The molecule has 1 aromatic carbocycles. The topological polar surface area (TPSA) is 116 Å². The molecule has 1 aliphatic carbocycles. The van der Waals surface area contributed by atoms with Crippen LogP contribution in [0.5, 0.6) is 0 Å². The molecule has 0 spiro atoms. The van der Waals surface area contributed by atoms with Crippen LogP contribution in [0.15, 0.2) is 18.3 Å². The maximum atomic E-state index is 14.1. The van der Waals surface area contributed by atoms with Gasteiger partial charge in [-0.05, 0) is 25.0 Å². The van der Waals surface area contributed by atoms with E-state index in [1.54, 1.807) is 6.07 Å². The molecule has 1 saturated carbocycles. The normalized spacial score (nSPS) is 13.7. The molecule has 2 heterocycles. The second kappa shape index (κ2) is 7.37. The van der Waals surface area contributed by atoms with Gasteiger partial charge < -0.3 is 20.6 Å². The van der Waals surface area contributed by atoms with Crippen molar-refractivity contribution in [3.8, 4) is 6.07 Å². The fourth-order valence-corrected chi connectivity index (χ4v) is 3.06. The van der Waals surface area contributed by atoms with E-state index in [9.17, 15) is 14.0 Å². The molecule has 0 radical (unpaired) electrons. The number of hydrogen-bond donors (Lipinski definition) is 3. The van der Waals surface area contributed by atoms with Crippen molar-refractivity contribution in [2.45, 2.75) is 24.8 Å². The summed E-state index contributed by atoms with van der Waals surface area (Å²) in [4.78, 5) is 11.8. The number of benzene rings is 1. The number of rotatable bonds is 6. The highest BCUT2D eigenvalue weighted by molar-refractivity contribution is 6.34. The highest BCUT2D eigenvalue weighted by atomic mass is 35.5. The summed E-state index contributed by atoms with van der Waals surface area (Å²) in [5.74, 6) is -3.17. The molecular weight excluding hydrogens is 418 g/mol. The fourth-order valence-electron chi connectivity index (χ4n) is 2.77. The zero-order chi connectivity index (χ0) is 21.5. The van der Waals surface area contributed by atoms with Gasteiger partial charge in [-0.15, -0.1) is 4.52 Å². The third-order valence-corrected chi connectivity index (χ3v) is 4.82. The average Bonchev–Trinajstić information content (AvgIpc) is 3.45. The summed E-state index contributed by atoms with van der Waals surface area (Å²) in [5.41, 5.74) is -0.482. The van der Waals surface area contributed by atoms with Gasteiger partial charge in [0.25, 0.3) is 23.3 Å². The molecule has 0 amide bonds. The fraction of sp³-hybridized carbons (Fsp3) is 0.278. The Bertz CT molecular complexity index is 1230. The number of imidazole rings is 1. The first-order valence-electron chi connectivity index (χ1n) is 8.76. The smallest absolute Gasteiger partial charge is 0.297 e. The number of nitrogens with zero attached hydrogens (tertiary/aromatic N) is 6. The van der Waals surface area contributed by atoms with E-state index in [2.05, 4.69) is 30.5 Å². The molecular formula is C18H13ClF2N8O. The van der Waals surface area contributed by atoms with Gasteiger partial charge in [0.1, 0.15) is 6.61 Å². The Morgan fingerprint density at radius 1 is 1.43 bits per heavy atom. The molecule has 0 saturated heterocycles. The highest BCUT2D eigenvalue weighted by Crippen LogP contribution is 2.39. The lowest BCUT2D eigenvalue weighted by Gasteiger charge is -2.18. The molecule has 1 aliphatic rings. The molecule has 30 heavy (non-hydrogen) atoms. The van der Waals surface area contributed by atoms with Crippen LogP contribution < -0.4 is 10.6 Å². The van der Waals surface area contributed by atoms with Gasteiger partial charge in [0.2, 0.25) is 0 Å². The predicted molar refractivity (Wildman–Crippen MR) is 104 cm³/mol. The van der Waals surface area contributed by atoms with Crippen molar-refractivity contribution in [2.24, 2.45) is 0 Å². The summed E-state index contributed by atoms with van der Waals surface area (Å²) >= 11 is 6.14. The minimum absolute atomic E-state index is 0.0381. The van der Waals surface area contributed by atoms with Gasteiger partial charge >= 0.3 is 0 Å². The SMILES string of the molecule is [C-]#[N+]c1cnc2c(NC3CC3)nc(Nc3cc(C#N)cc(C(F)(F)CO)c3Cl)nn12. The van der Waals surface area contributed by atoms with Crippen LogP contribution in [-0.4, -0.2) is 37.3 Å². The van der Waals surface area contributed by atoms with Crippen LogP contribution in [0.2, 0.25) is 5.02 Å². The number of aliphatic hydroxyl groups is 1. The van der Waals surface area contributed by atoms with Crippen molar-refractivity contribution < 1.29 is 13.9 Å². The third-order valence-electron chi connectivity index (χ3n) is 4.42. The number of aromatic nitrogens is 4. The zero-order valence-corrected chi connectivity index (χ0v) is 16.0. The highest BCUT2D eigenvalue weighted by Gasteiger charge is 2.35. The zero-order valence-electron chi connectivity index (χ0n) is 15.2. The van der Waals surface area contributed by atoms with E-state index in [1.807, 2.05) is 0 Å². The molecule has 9 nitrogen and oxygen atoms in total. The van der Waals surface area contributed by atoms with Crippen LogP contribution in [0.1, 0.15) is 24.0 Å². The number of alkyl halides is 2. The van der Waals surface area contributed by atoms with Crippen LogP contribution in [0.4, 0.5) is 32.1 Å². The van der Waals surface area contributed by atoms with Gasteiger partial charge in [0.05, 0.1) is 28.5 Å². The lowest BCUT2D eigenvalue weighted by atomic mass is 10.0. The molecule has 3 N–H and O–H groups in total. The van der Waals surface area contributed by atoms with Crippen LogP contribution in [-0.2, 0) is 5.92 Å². The number of fused-ring (bicyclic) bond motifs is 1. The van der Waals surface area contributed by atoms with Crippen LogP contribution in [0.25, 0.3) is 10.5 Å². The largest absolute Gasteiger partial charge is 0.390 e. The van der Waals surface area contributed by atoms with Gasteiger partial charge in [0, 0.05) is 11.6 Å². The summed E-state index contributed by atoms with van der Waals surface area (Å²) in [6, 6.07) is 4.20. The molecule has 0 atom stereocenters. The maximum Gasteiger partial charge on any atom is 0.297 e. The second-order valence-corrected chi connectivity index (χ2v) is 7.03. The van der Waals surface area contributed by atoms with Gasteiger partial charge in [0.15, 0.2) is 5.82 Å². The standard InChI is InChI=1S/C18H13ClF2N8O/c1-23-13-7-24-16-15(25-10-2-3-10)27-17(28-29(13)16)26-12-5-9(6-22)4-11(14(12)19)18(20,21)8-30/h4-5,7,10,30H,2-3,8H2,(H2,25,26,27,28). The molecule has 3 aromatic rings. The van der Waals surface area contributed by atoms with Crippen LogP contribution in [0, 0.1) is 17.9 Å². The molecule has 12 heteroatoms. The first-order valence-corrected chi connectivity index (χ1v) is 9.13. The van der Waals surface area contributed by atoms with E-state index in [0.29, 0.717) is 11.5 Å². The van der Waals surface area contributed by atoms with Gasteiger partial charge in [-0.2, -0.15) is 19.0 Å². The van der Waals surface area contributed by atoms with Gasteiger partial charge in [-0.3, -0.25) is 0 Å². The first kappa shape index (κ1) is 19.8. The molecule has 0 bridgehead atoms. The third kappa shape index (κ3) is 3.56. The van der Waals surface area contributed by atoms with Crippen molar-refractivity contribution in [1.82, 2.24) is 19.6 Å². The monoisotopic (exact) mass is 430 g/mol. The number of halogens is 3. The van der Waals surface area contributed by atoms with Crippen molar-refractivity contribution in [2.75, 3.05) is 17.2 Å². The summed E-state index contributed by atoms with van der Waals surface area (Å²) in [6.07, 6.45) is 3.28. The van der Waals surface area contributed by atoms with E-state index < -0.39 is 18.1 Å². The Morgan fingerprint density at radius 3 is 2.83 bits per heavy atom. The summed E-state index contributed by atoms with van der Waals surface area (Å²) in [6.45, 7) is 5.79. The Kier molecular flexibility index (Phi) is 4.86. The van der Waals surface area contributed by atoms with Crippen LogP contribution in [0.3, 0.4) is 0 Å². The van der Waals surface area contributed by atoms with E-state index >= 15 is 0 Å². The van der Waals surface area contributed by atoms with Gasteiger partial charge in [-0.1, -0.05) is 23.3 Å². The Balaban J connectivity index is 1.82. The molecule has 0 unspecified atom stereocenters. The number of anilines is 3. The molecule has 1 fully saturated rings. The Hall–Kier alpha value is -3.54. The second-order valence-electron chi connectivity index (χ2n) is 6.65. The van der Waals surface area contributed by atoms with Crippen LogP contribution >= 0.6 is 11.6 Å². The Morgan fingerprint density at radius 2 is 2.20 bits per heavy atom. The number of nitriles is 1. The lowest BCUT2D eigenvalue weighted by Crippen LogP contribution is -2.20. The predicted octanol–water partition coefficient (Wildman–Crippen LogP) is 3.60. The minimum atomic E-state index is -3.65. The molecule has 152 valence electrons. The van der Waals surface area contributed by atoms with E-state index in [4.69, 9.17) is 23.3 Å². The minimum Gasteiger partial charge on any atom is -0.390 e. The first-order chi connectivity index (χ1) is 14.4.